The van der Waals surface area contributed by atoms with Crippen LogP contribution in [0.15, 0.2) is 30.6 Å². The summed E-state index contributed by atoms with van der Waals surface area (Å²) in [7, 11) is 0. The van der Waals surface area contributed by atoms with Crippen LogP contribution in [0, 0.1) is 5.92 Å². The van der Waals surface area contributed by atoms with Crippen LogP contribution in [0.2, 0.25) is 5.15 Å². The maximum absolute atomic E-state index is 13.3. The van der Waals surface area contributed by atoms with Crippen molar-refractivity contribution in [1.82, 2.24) is 19.5 Å². The van der Waals surface area contributed by atoms with E-state index in [-0.39, 0.29) is 17.6 Å². The molecule has 0 saturated heterocycles. The first-order valence-electron chi connectivity index (χ1n) is 10.3. The lowest BCUT2D eigenvalue weighted by atomic mass is 9.97. The van der Waals surface area contributed by atoms with E-state index in [1.54, 1.807) is 30.3 Å². The Morgan fingerprint density at radius 1 is 1.23 bits per heavy atom. The van der Waals surface area contributed by atoms with Gasteiger partial charge in [-0.2, -0.15) is 0 Å². The molecule has 154 valence electrons. The third-order valence-corrected chi connectivity index (χ3v) is 6.16. The maximum Gasteiger partial charge on any atom is 0.235 e. The smallest absolute Gasteiger partial charge is 0.235 e. The highest BCUT2D eigenvalue weighted by Crippen LogP contribution is 2.50. The molecule has 2 aliphatic rings. The average Bonchev–Trinajstić information content (AvgIpc) is 3.44. The van der Waals surface area contributed by atoms with Gasteiger partial charge in [0.25, 0.3) is 0 Å². The molecule has 1 aliphatic heterocycles. The topological polar surface area (TPSA) is 81.0 Å². The fourth-order valence-electron chi connectivity index (χ4n) is 4.38. The SMILES string of the molecule is CC(=O)CCCn1c(CN2C(=O)C(C3CC3)c3ccncc32)nc2nc(Cl)ccc21. The number of ketones is 1. The molecule has 4 heterocycles. The molecule has 3 aromatic rings. The third kappa shape index (κ3) is 3.37. The molecule has 1 fully saturated rings. The molecule has 1 aliphatic carbocycles. The lowest BCUT2D eigenvalue weighted by Crippen LogP contribution is -2.30. The number of amides is 1. The highest BCUT2D eigenvalue weighted by molar-refractivity contribution is 6.29. The maximum atomic E-state index is 13.3. The molecule has 8 heteroatoms. The van der Waals surface area contributed by atoms with E-state index < -0.39 is 0 Å². The molecule has 1 unspecified atom stereocenters. The molecule has 1 saturated carbocycles. The number of pyridine rings is 2. The Kier molecular flexibility index (Phi) is 4.77. The summed E-state index contributed by atoms with van der Waals surface area (Å²) in [5, 5.41) is 0.378. The van der Waals surface area contributed by atoms with E-state index in [0.29, 0.717) is 42.6 Å². The van der Waals surface area contributed by atoms with Crippen molar-refractivity contribution in [2.24, 2.45) is 5.92 Å². The van der Waals surface area contributed by atoms with Crippen LogP contribution in [0.5, 0.6) is 0 Å². The zero-order valence-corrected chi connectivity index (χ0v) is 17.5. The molecule has 0 N–H and O–H groups in total. The number of nitrogens with zero attached hydrogens (tertiary/aromatic N) is 5. The minimum atomic E-state index is -0.0777. The van der Waals surface area contributed by atoms with Gasteiger partial charge in [0.05, 0.1) is 29.9 Å². The Labute approximate surface area is 179 Å². The van der Waals surface area contributed by atoms with Crippen LogP contribution in [0.25, 0.3) is 11.2 Å². The van der Waals surface area contributed by atoms with Crippen molar-refractivity contribution in [2.75, 3.05) is 4.90 Å². The Morgan fingerprint density at radius 3 is 2.83 bits per heavy atom. The summed E-state index contributed by atoms with van der Waals surface area (Å²) in [4.78, 5) is 39.8. The van der Waals surface area contributed by atoms with Gasteiger partial charge in [0, 0.05) is 19.2 Å². The van der Waals surface area contributed by atoms with Crippen LogP contribution in [0.1, 0.15) is 49.9 Å². The van der Waals surface area contributed by atoms with E-state index in [1.807, 2.05) is 12.1 Å². The number of aryl methyl sites for hydroxylation is 1. The second-order valence-corrected chi connectivity index (χ2v) is 8.52. The van der Waals surface area contributed by atoms with Crippen LogP contribution in [-0.4, -0.2) is 31.2 Å². The summed E-state index contributed by atoms with van der Waals surface area (Å²) in [5.74, 6) is 1.37. The van der Waals surface area contributed by atoms with Gasteiger partial charge in [0.2, 0.25) is 5.91 Å². The number of fused-ring (bicyclic) bond motifs is 2. The van der Waals surface area contributed by atoms with E-state index in [9.17, 15) is 9.59 Å². The normalized spacial score (nSPS) is 18.3. The Hall–Kier alpha value is -2.80. The zero-order valence-electron chi connectivity index (χ0n) is 16.7. The second kappa shape index (κ2) is 7.47. The summed E-state index contributed by atoms with van der Waals surface area (Å²) in [6, 6.07) is 5.59. The highest BCUT2D eigenvalue weighted by Gasteiger charge is 2.46. The number of rotatable bonds is 7. The van der Waals surface area contributed by atoms with Crippen LogP contribution >= 0.6 is 11.6 Å². The van der Waals surface area contributed by atoms with E-state index in [2.05, 4.69) is 14.5 Å². The number of hydrogen-bond donors (Lipinski definition) is 0. The molecule has 0 spiro atoms. The van der Waals surface area contributed by atoms with Crippen molar-refractivity contribution < 1.29 is 9.59 Å². The van der Waals surface area contributed by atoms with Crippen LogP contribution < -0.4 is 4.90 Å². The van der Waals surface area contributed by atoms with Gasteiger partial charge in [-0.25, -0.2) is 9.97 Å². The average molecular weight is 424 g/mol. The van der Waals surface area contributed by atoms with Gasteiger partial charge in [-0.05, 0) is 55.9 Å². The van der Waals surface area contributed by atoms with Crippen molar-refractivity contribution >= 4 is 40.1 Å². The summed E-state index contributed by atoms with van der Waals surface area (Å²) in [6.45, 7) is 2.57. The number of halogens is 1. The lowest BCUT2D eigenvalue weighted by Gasteiger charge is -2.18. The van der Waals surface area contributed by atoms with Gasteiger partial charge in [-0.3, -0.25) is 9.78 Å². The van der Waals surface area contributed by atoms with Gasteiger partial charge in [-0.1, -0.05) is 11.6 Å². The predicted octanol–water partition coefficient (Wildman–Crippen LogP) is 3.89. The van der Waals surface area contributed by atoms with E-state index in [4.69, 9.17) is 16.6 Å². The number of aromatic nitrogens is 4. The fraction of sp³-hybridized carbons (Fsp3) is 0.409. The summed E-state index contributed by atoms with van der Waals surface area (Å²) in [5.41, 5.74) is 3.34. The van der Waals surface area contributed by atoms with Gasteiger partial charge in [0.1, 0.15) is 16.8 Å². The first-order valence-corrected chi connectivity index (χ1v) is 10.7. The molecule has 0 aromatic carbocycles. The molecular formula is C22H22ClN5O2. The van der Waals surface area contributed by atoms with Gasteiger partial charge in [0.15, 0.2) is 5.65 Å². The number of Topliss-reactive ketones (excluding diaryl/α,β-unsaturated/α-hetero) is 1. The molecule has 5 rings (SSSR count). The Bertz CT molecular complexity index is 1150. The molecule has 0 radical (unpaired) electrons. The standard InChI is InChI=1S/C22H22ClN5O2/c1-13(29)3-2-10-27-16-6-7-18(23)25-21(16)26-19(27)12-28-17-11-24-9-8-15(17)20(22(28)30)14-4-5-14/h6-9,11,14,20H,2-5,10,12H2,1H3. The summed E-state index contributed by atoms with van der Waals surface area (Å²) >= 11 is 6.07. The molecule has 0 bridgehead atoms. The van der Waals surface area contributed by atoms with Crippen molar-refractivity contribution in [1.29, 1.82) is 0 Å². The van der Waals surface area contributed by atoms with Gasteiger partial charge in [-0.15, -0.1) is 0 Å². The van der Waals surface area contributed by atoms with E-state index in [0.717, 1.165) is 35.4 Å². The largest absolute Gasteiger partial charge is 0.325 e. The number of carbonyl (C=O) groups excluding carboxylic acids is 2. The van der Waals surface area contributed by atoms with Gasteiger partial charge < -0.3 is 14.3 Å². The van der Waals surface area contributed by atoms with Crippen LogP contribution in [0.4, 0.5) is 5.69 Å². The van der Waals surface area contributed by atoms with E-state index >= 15 is 0 Å². The number of imidazole rings is 1. The minimum absolute atomic E-state index is 0.0777. The second-order valence-electron chi connectivity index (χ2n) is 8.14. The highest BCUT2D eigenvalue weighted by atomic mass is 35.5. The summed E-state index contributed by atoms with van der Waals surface area (Å²) in [6.07, 6.45) is 6.92. The van der Waals surface area contributed by atoms with Crippen molar-refractivity contribution in [3.63, 3.8) is 0 Å². The molecule has 1 amide bonds. The Morgan fingerprint density at radius 2 is 2.07 bits per heavy atom. The molecule has 1 atom stereocenters. The molecule has 30 heavy (non-hydrogen) atoms. The first kappa shape index (κ1) is 19.2. The van der Waals surface area contributed by atoms with Crippen LogP contribution in [0.3, 0.4) is 0 Å². The minimum Gasteiger partial charge on any atom is -0.325 e. The lowest BCUT2D eigenvalue weighted by molar-refractivity contribution is -0.120. The van der Waals surface area contributed by atoms with Crippen molar-refractivity contribution in [3.05, 3.63) is 47.1 Å². The number of anilines is 1. The van der Waals surface area contributed by atoms with Crippen molar-refractivity contribution in [2.45, 2.75) is 51.6 Å². The monoisotopic (exact) mass is 423 g/mol. The molecule has 3 aromatic heterocycles. The predicted molar refractivity (Wildman–Crippen MR) is 113 cm³/mol. The summed E-state index contributed by atoms with van der Waals surface area (Å²) < 4.78 is 2.05. The quantitative estimate of drug-likeness (QED) is 0.538. The van der Waals surface area contributed by atoms with E-state index in [1.165, 1.54) is 0 Å². The number of carbonyl (C=O) groups is 2. The van der Waals surface area contributed by atoms with Gasteiger partial charge >= 0.3 is 0 Å². The van der Waals surface area contributed by atoms with Crippen molar-refractivity contribution in [3.8, 4) is 0 Å². The Balaban J connectivity index is 1.51. The molecular weight excluding hydrogens is 402 g/mol. The first-order chi connectivity index (χ1) is 14.5. The zero-order chi connectivity index (χ0) is 20.8. The number of hydrogen-bond acceptors (Lipinski definition) is 5. The van der Waals surface area contributed by atoms with Crippen LogP contribution in [-0.2, 0) is 22.7 Å². The fourth-order valence-corrected chi connectivity index (χ4v) is 4.53. The third-order valence-electron chi connectivity index (χ3n) is 5.95. The molecule has 7 nitrogen and oxygen atoms in total.